The molecule has 0 aliphatic rings. The second kappa shape index (κ2) is 18.3. The first kappa shape index (κ1) is 30.9. The first-order valence-electron chi connectivity index (χ1n) is 10.7. The highest BCUT2D eigenvalue weighted by Gasteiger charge is 2.11. The van der Waals surface area contributed by atoms with Crippen molar-refractivity contribution in [3.63, 3.8) is 0 Å². The van der Waals surface area contributed by atoms with Gasteiger partial charge in [-0.15, -0.1) is 18.3 Å². The molecule has 0 aromatic heterocycles. The number of aliphatic carboxylic acids is 2. The van der Waals surface area contributed by atoms with Crippen molar-refractivity contribution in [3.05, 3.63) is 72.4 Å². The Morgan fingerprint density at radius 3 is 2.26 bits per heavy atom. The summed E-state index contributed by atoms with van der Waals surface area (Å²) in [6.07, 6.45) is 12.5. The van der Waals surface area contributed by atoms with Crippen molar-refractivity contribution in [2.24, 2.45) is 0 Å². The van der Waals surface area contributed by atoms with Crippen molar-refractivity contribution in [3.8, 4) is 5.75 Å². The lowest BCUT2D eigenvalue weighted by Gasteiger charge is -2.11. The number of carbonyl (C=O) groups excluding carboxylic acids is 1. The van der Waals surface area contributed by atoms with Crippen LogP contribution in [0.4, 0.5) is 0 Å². The molecule has 0 radical (unpaired) electrons. The number of carbonyl (C=O) groups is 3. The summed E-state index contributed by atoms with van der Waals surface area (Å²) in [5, 5.41) is 15.6. The molecule has 0 bridgehead atoms. The first-order valence-corrected chi connectivity index (χ1v) is 11.9. The predicted octanol–water partition coefficient (Wildman–Crippen LogP) is 5.10. The molecule has 0 unspecified atom stereocenters. The highest BCUT2D eigenvalue weighted by Crippen LogP contribution is 2.27. The van der Waals surface area contributed by atoms with E-state index in [1.807, 2.05) is 43.7 Å². The zero-order chi connectivity index (χ0) is 25.9. The molecule has 0 heterocycles. The Morgan fingerprint density at radius 1 is 1.09 bits per heavy atom. The summed E-state index contributed by atoms with van der Waals surface area (Å²) in [5.41, 5.74) is 2.03. The number of carboxylic acid groups (broad SMARTS) is 2. The standard InChI is InChI=1S/C22H31NO2S.C4H4O4/c1-6-14-23(4)15-7-8-16-25-19-12-13-20(22(17-19)26-5)21(24)11-9-10-18(2)3;5-3(6)1-2-4(7)8/h6-8,10,12-13,17H,1,9,11,14-16H2,2-5H3;1-2H,(H,5,6)(H,7,8)/b8-7+;2-1+. The lowest BCUT2D eigenvalue weighted by Crippen LogP contribution is -2.17. The lowest BCUT2D eigenvalue weighted by atomic mass is 10.1. The normalized spacial score (nSPS) is 10.6. The van der Waals surface area contributed by atoms with Crippen LogP contribution in [0.5, 0.6) is 5.75 Å². The molecule has 7 nitrogen and oxygen atoms in total. The van der Waals surface area contributed by atoms with E-state index in [0.29, 0.717) is 25.2 Å². The van der Waals surface area contributed by atoms with Crippen LogP contribution in [0.3, 0.4) is 0 Å². The molecule has 8 heteroatoms. The lowest BCUT2D eigenvalue weighted by molar-refractivity contribution is -0.134. The maximum atomic E-state index is 12.4. The summed E-state index contributed by atoms with van der Waals surface area (Å²) >= 11 is 1.58. The fraction of sp³-hybridized carbons (Fsp3) is 0.346. The van der Waals surface area contributed by atoms with Gasteiger partial charge in [0, 0.05) is 42.1 Å². The Hall–Kier alpha value is -3.10. The quantitative estimate of drug-likeness (QED) is 0.161. The smallest absolute Gasteiger partial charge is 0.328 e. The van der Waals surface area contributed by atoms with Gasteiger partial charge in [-0.3, -0.25) is 9.69 Å². The molecule has 0 aliphatic carbocycles. The summed E-state index contributed by atoms with van der Waals surface area (Å²) in [6, 6.07) is 5.72. The first-order chi connectivity index (χ1) is 16.1. The Labute approximate surface area is 206 Å². The van der Waals surface area contributed by atoms with Crippen LogP contribution in [0.25, 0.3) is 0 Å². The number of hydrogen-bond acceptors (Lipinski definition) is 6. The number of rotatable bonds is 14. The van der Waals surface area contributed by atoms with Gasteiger partial charge >= 0.3 is 11.9 Å². The van der Waals surface area contributed by atoms with Gasteiger partial charge in [0.15, 0.2) is 5.78 Å². The molecule has 0 spiro atoms. The third kappa shape index (κ3) is 15.7. The van der Waals surface area contributed by atoms with E-state index in [2.05, 4.69) is 37.5 Å². The molecule has 0 saturated carbocycles. The van der Waals surface area contributed by atoms with Crippen molar-refractivity contribution in [2.75, 3.05) is 33.0 Å². The highest BCUT2D eigenvalue weighted by molar-refractivity contribution is 7.98. The summed E-state index contributed by atoms with van der Waals surface area (Å²) in [5.74, 6) is -1.54. The van der Waals surface area contributed by atoms with Crippen LogP contribution in [-0.4, -0.2) is 65.8 Å². The Morgan fingerprint density at radius 2 is 1.74 bits per heavy atom. The number of nitrogens with zero attached hydrogens (tertiary/aromatic N) is 1. The van der Waals surface area contributed by atoms with Crippen LogP contribution in [0.2, 0.25) is 0 Å². The third-order valence-electron chi connectivity index (χ3n) is 4.14. The van der Waals surface area contributed by atoms with Gasteiger partial charge in [-0.05, 0) is 51.8 Å². The zero-order valence-electron chi connectivity index (χ0n) is 20.3. The van der Waals surface area contributed by atoms with E-state index < -0.39 is 11.9 Å². The Kier molecular flexibility index (Phi) is 16.7. The molecule has 34 heavy (non-hydrogen) atoms. The number of thioether (sulfide) groups is 1. The van der Waals surface area contributed by atoms with Gasteiger partial charge < -0.3 is 14.9 Å². The molecule has 0 aliphatic heterocycles. The van der Waals surface area contributed by atoms with Crippen LogP contribution < -0.4 is 4.74 Å². The fourth-order valence-corrected chi connectivity index (χ4v) is 3.16. The van der Waals surface area contributed by atoms with Crippen LogP contribution in [-0.2, 0) is 9.59 Å². The van der Waals surface area contributed by atoms with Gasteiger partial charge in [-0.1, -0.05) is 29.9 Å². The molecule has 1 rings (SSSR count). The van der Waals surface area contributed by atoms with Crippen molar-refractivity contribution < 1.29 is 29.3 Å². The molecular weight excluding hydrogens is 454 g/mol. The second-order valence-electron chi connectivity index (χ2n) is 7.41. The Balaban J connectivity index is 0.00000116. The van der Waals surface area contributed by atoms with E-state index in [1.54, 1.807) is 11.8 Å². The molecule has 186 valence electrons. The number of allylic oxidation sites excluding steroid dienone is 2. The zero-order valence-corrected chi connectivity index (χ0v) is 21.1. The third-order valence-corrected chi connectivity index (χ3v) is 4.91. The molecule has 1 aromatic rings. The SMILES string of the molecule is C=CCN(C)C/C=C/COc1ccc(C(=O)CCC=C(C)C)c(SC)c1.O=C(O)/C=C/C(=O)O. The van der Waals surface area contributed by atoms with Crippen molar-refractivity contribution in [1.82, 2.24) is 4.90 Å². The predicted molar refractivity (Wildman–Crippen MR) is 138 cm³/mol. The molecule has 0 atom stereocenters. The van der Waals surface area contributed by atoms with Crippen molar-refractivity contribution in [2.45, 2.75) is 31.6 Å². The molecule has 2 N–H and O–H groups in total. The number of hydrogen-bond donors (Lipinski definition) is 2. The van der Waals surface area contributed by atoms with Crippen LogP contribution in [0.1, 0.15) is 37.0 Å². The van der Waals surface area contributed by atoms with Crippen molar-refractivity contribution >= 4 is 29.5 Å². The Bertz CT molecular complexity index is 885. The number of likely N-dealkylation sites (N-methyl/N-ethyl adjacent to an activating group) is 1. The number of ether oxygens (including phenoxy) is 1. The van der Waals surface area contributed by atoms with Crippen molar-refractivity contribution in [1.29, 1.82) is 0 Å². The van der Waals surface area contributed by atoms with E-state index >= 15 is 0 Å². The number of ketones is 1. The monoisotopic (exact) mass is 489 g/mol. The van der Waals surface area contributed by atoms with E-state index in [9.17, 15) is 14.4 Å². The maximum absolute atomic E-state index is 12.4. The average molecular weight is 490 g/mol. The molecular formula is C26H35NO6S. The minimum Gasteiger partial charge on any atom is -0.490 e. The highest BCUT2D eigenvalue weighted by atomic mass is 32.2. The summed E-state index contributed by atoms with van der Waals surface area (Å²) in [6.45, 7) is 10.1. The van der Waals surface area contributed by atoms with Crippen LogP contribution in [0.15, 0.2) is 71.7 Å². The van der Waals surface area contributed by atoms with E-state index in [0.717, 1.165) is 35.7 Å². The minimum atomic E-state index is -1.26. The largest absolute Gasteiger partial charge is 0.490 e. The summed E-state index contributed by atoms with van der Waals surface area (Å²) in [4.78, 5) is 34.7. The maximum Gasteiger partial charge on any atom is 0.328 e. The summed E-state index contributed by atoms with van der Waals surface area (Å²) < 4.78 is 5.78. The van der Waals surface area contributed by atoms with E-state index in [4.69, 9.17) is 14.9 Å². The number of benzene rings is 1. The minimum absolute atomic E-state index is 0.184. The van der Waals surface area contributed by atoms with E-state index in [1.165, 1.54) is 5.57 Å². The van der Waals surface area contributed by atoms with Gasteiger partial charge in [0.2, 0.25) is 0 Å². The number of Topliss-reactive ketones (excluding diaryl/α,β-unsaturated/α-hetero) is 1. The van der Waals surface area contributed by atoms with E-state index in [-0.39, 0.29) is 5.78 Å². The second-order valence-corrected chi connectivity index (χ2v) is 8.26. The van der Waals surface area contributed by atoms with Crippen LogP contribution >= 0.6 is 11.8 Å². The van der Waals surface area contributed by atoms with Crippen LogP contribution in [0, 0.1) is 0 Å². The van der Waals surface area contributed by atoms with Gasteiger partial charge in [-0.2, -0.15) is 0 Å². The number of carboxylic acids is 2. The molecule has 0 amide bonds. The fourth-order valence-electron chi connectivity index (χ4n) is 2.52. The van der Waals surface area contributed by atoms with Gasteiger partial charge in [-0.25, -0.2) is 9.59 Å². The van der Waals surface area contributed by atoms with Gasteiger partial charge in [0.25, 0.3) is 0 Å². The average Bonchev–Trinajstić information content (AvgIpc) is 2.77. The topological polar surface area (TPSA) is 104 Å². The van der Waals surface area contributed by atoms with Gasteiger partial charge in [0.1, 0.15) is 12.4 Å². The van der Waals surface area contributed by atoms with Gasteiger partial charge in [0.05, 0.1) is 0 Å². The molecule has 0 saturated heterocycles. The molecule has 1 aromatic carbocycles. The molecule has 0 fully saturated rings. The summed E-state index contributed by atoms with van der Waals surface area (Å²) in [7, 11) is 2.05.